The van der Waals surface area contributed by atoms with Crippen molar-refractivity contribution in [3.63, 3.8) is 0 Å². The van der Waals surface area contributed by atoms with Crippen LogP contribution in [0.4, 0.5) is 0 Å². The Morgan fingerprint density at radius 1 is 1.00 bits per heavy atom. The SMILES string of the molecule is CCCCCCOP(=O)(OCC)Oc1ccccc1. The second-order valence-corrected chi connectivity index (χ2v) is 5.76. The molecule has 1 unspecified atom stereocenters. The van der Waals surface area contributed by atoms with Crippen LogP contribution in [-0.4, -0.2) is 13.2 Å². The molecule has 1 rings (SSSR count). The van der Waals surface area contributed by atoms with Crippen LogP contribution >= 0.6 is 7.82 Å². The molecule has 0 N–H and O–H groups in total. The highest BCUT2D eigenvalue weighted by Gasteiger charge is 2.27. The highest BCUT2D eigenvalue weighted by molar-refractivity contribution is 7.48. The maximum atomic E-state index is 12.3. The van der Waals surface area contributed by atoms with Gasteiger partial charge < -0.3 is 4.52 Å². The fraction of sp³-hybridized carbons (Fsp3) is 0.571. The smallest absolute Gasteiger partial charge is 0.404 e. The van der Waals surface area contributed by atoms with E-state index in [1.54, 1.807) is 19.1 Å². The molecule has 0 saturated heterocycles. The third-order valence-electron chi connectivity index (χ3n) is 2.49. The minimum absolute atomic E-state index is 0.291. The van der Waals surface area contributed by atoms with Crippen molar-refractivity contribution in [3.05, 3.63) is 30.3 Å². The van der Waals surface area contributed by atoms with Gasteiger partial charge in [-0.15, -0.1) is 0 Å². The van der Waals surface area contributed by atoms with Crippen LogP contribution in [0.25, 0.3) is 0 Å². The first kappa shape index (κ1) is 16.2. The van der Waals surface area contributed by atoms with E-state index in [4.69, 9.17) is 13.6 Å². The number of hydrogen-bond acceptors (Lipinski definition) is 4. The van der Waals surface area contributed by atoms with Gasteiger partial charge >= 0.3 is 7.82 Å². The van der Waals surface area contributed by atoms with Gasteiger partial charge in [-0.05, 0) is 25.5 Å². The van der Waals surface area contributed by atoms with E-state index in [1.165, 1.54) is 0 Å². The summed E-state index contributed by atoms with van der Waals surface area (Å²) in [6.07, 6.45) is 4.24. The summed E-state index contributed by atoms with van der Waals surface area (Å²) in [7, 11) is -3.49. The number of phosphoric acid groups is 1. The van der Waals surface area contributed by atoms with Crippen LogP contribution in [0.3, 0.4) is 0 Å². The molecule has 0 saturated carbocycles. The van der Waals surface area contributed by atoms with Crippen molar-refractivity contribution in [1.82, 2.24) is 0 Å². The summed E-state index contributed by atoms with van der Waals surface area (Å²) < 4.78 is 28.2. The summed E-state index contributed by atoms with van der Waals surface area (Å²) in [5.41, 5.74) is 0. The fourth-order valence-corrected chi connectivity index (χ4v) is 2.79. The molecule has 0 aliphatic heterocycles. The molecule has 0 bridgehead atoms. The molecule has 0 aliphatic rings. The molecule has 1 aromatic rings. The van der Waals surface area contributed by atoms with Gasteiger partial charge in [-0.2, -0.15) is 0 Å². The van der Waals surface area contributed by atoms with Crippen LogP contribution in [0.5, 0.6) is 5.75 Å². The number of unbranched alkanes of at least 4 members (excludes halogenated alkanes) is 3. The number of para-hydroxylation sites is 1. The van der Waals surface area contributed by atoms with Crippen molar-refractivity contribution in [2.45, 2.75) is 39.5 Å². The number of benzene rings is 1. The van der Waals surface area contributed by atoms with Crippen molar-refractivity contribution >= 4 is 7.82 Å². The Morgan fingerprint density at radius 2 is 1.74 bits per heavy atom. The minimum Gasteiger partial charge on any atom is -0.404 e. The second-order valence-electron chi connectivity index (χ2n) is 4.16. The van der Waals surface area contributed by atoms with E-state index in [0.717, 1.165) is 25.7 Å². The van der Waals surface area contributed by atoms with Crippen LogP contribution in [0.1, 0.15) is 39.5 Å². The van der Waals surface area contributed by atoms with E-state index in [2.05, 4.69) is 6.92 Å². The largest absolute Gasteiger partial charge is 0.530 e. The molecular formula is C14H23O4P. The summed E-state index contributed by atoms with van der Waals surface area (Å²) in [6.45, 7) is 4.59. The van der Waals surface area contributed by atoms with Gasteiger partial charge in [0.1, 0.15) is 5.75 Å². The highest BCUT2D eigenvalue weighted by atomic mass is 31.2. The molecule has 0 radical (unpaired) electrons. The summed E-state index contributed by atoms with van der Waals surface area (Å²) in [5.74, 6) is 0.493. The van der Waals surface area contributed by atoms with Gasteiger partial charge in [0.25, 0.3) is 0 Å². The maximum absolute atomic E-state index is 12.3. The molecule has 0 aromatic heterocycles. The summed E-state index contributed by atoms with van der Waals surface area (Å²) in [5, 5.41) is 0. The average Bonchev–Trinajstić information content (AvgIpc) is 2.40. The first-order valence-corrected chi connectivity index (χ1v) is 8.30. The molecular weight excluding hydrogens is 263 g/mol. The van der Waals surface area contributed by atoms with Crippen LogP contribution in [-0.2, 0) is 13.6 Å². The quantitative estimate of drug-likeness (QED) is 0.457. The fourth-order valence-electron chi connectivity index (χ4n) is 1.56. The summed E-state index contributed by atoms with van der Waals surface area (Å²) in [4.78, 5) is 0. The van der Waals surface area contributed by atoms with Gasteiger partial charge in [-0.1, -0.05) is 44.4 Å². The van der Waals surface area contributed by atoms with Gasteiger partial charge in [0, 0.05) is 0 Å². The van der Waals surface area contributed by atoms with Crippen LogP contribution in [0.2, 0.25) is 0 Å². The normalized spacial score (nSPS) is 14.0. The number of hydrogen-bond donors (Lipinski definition) is 0. The predicted octanol–water partition coefficient (Wildman–Crippen LogP) is 4.81. The van der Waals surface area contributed by atoms with Gasteiger partial charge in [-0.25, -0.2) is 4.57 Å². The maximum Gasteiger partial charge on any atom is 0.530 e. The zero-order valence-electron chi connectivity index (χ0n) is 11.7. The monoisotopic (exact) mass is 286 g/mol. The third kappa shape index (κ3) is 6.76. The average molecular weight is 286 g/mol. The van der Waals surface area contributed by atoms with Crippen molar-refractivity contribution < 1.29 is 18.1 Å². The third-order valence-corrected chi connectivity index (χ3v) is 4.00. The zero-order valence-corrected chi connectivity index (χ0v) is 12.6. The molecule has 1 atom stereocenters. The second kappa shape index (κ2) is 9.13. The van der Waals surface area contributed by atoms with Crippen LogP contribution in [0, 0.1) is 0 Å². The molecule has 108 valence electrons. The van der Waals surface area contributed by atoms with E-state index < -0.39 is 7.82 Å². The first-order valence-electron chi connectivity index (χ1n) is 6.84. The Kier molecular flexibility index (Phi) is 7.80. The van der Waals surface area contributed by atoms with Gasteiger partial charge in [-0.3, -0.25) is 9.05 Å². The topological polar surface area (TPSA) is 44.8 Å². The molecule has 0 amide bonds. The molecule has 5 heteroatoms. The lowest BCUT2D eigenvalue weighted by Crippen LogP contribution is -2.03. The van der Waals surface area contributed by atoms with Crippen molar-refractivity contribution in [1.29, 1.82) is 0 Å². The molecule has 0 heterocycles. The molecule has 19 heavy (non-hydrogen) atoms. The van der Waals surface area contributed by atoms with Crippen LogP contribution < -0.4 is 4.52 Å². The lowest BCUT2D eigenvalue weighted by molar-refractivity contribution is 0.159. The molecule has 4 nitrogen and oxygen atoms in total. The van der Waals surface area contributed by atoms with Gasteiger partial charge in [0.05, 0.1) is 13.2 Å². The van der Waals surface area contributed by atoms with Crippen molar-refractivity contribution in [3.8, 4) is 5.75 Å². The highest BCUT2D eigenvalue weighted by Crippen LogP contribution is 2.49. The van der Waals surface area contributed by atoms with E-state index in [9.17, 15) is 4.57 Å². The minimum atomic E-state index is -3.49. The number of phosphoric ester groups is 1. The Morgan fingerprint density at radius 3 is 2.37 bits per heavy atom. The van der Waals surface area contributed by atoms with E-state index >= 15 is 0 Å². The predicted molar refractivity (Wildman–Crippen MR) is 76.4 cm³/mol. The first-order chi connectivity index (χ1) is 9.20. The lowest BCUT2D eigenvalue weighted by atomic mass is 10.2. The Balaban J connectivity index is 2.47. The zero-order chi connectivity index (χ0) is 14.0. The van der Waals surface area contributed by atoms with Crippen LogP contribution in [0.15, 0.2) is 30.3 Å². The Labute approximate surface area is 115 Å². The molecule has 1 aromatic carbocycles. The standard InChI is InChI=1S/C14H23O4P/c1-3-5-6-10-13-17-19(15,16-4-2)18-14-11-8-7-9-12-14/h7-9,11-12H,3-6,10,13H2,1-2H3. The van der Waals surface area contributed by atoms with Crippen molar-refractivity contribution in [2.75, 3.05) is 13.2 Å². The van der Waals surface area contributed by atoms with Gasteiger partial charge in [0.15, 0.2) is 0 Å². The molecule has 0 fully saturated rings. The number of rotatable bonds is 10. The van der Waals surface area contributed by atoms with E-state index in [-0.39, 0.29) is 0 Å². The summed E-state index contributed by atoms with van der Waals surface area (Å²) in [6, 6.07) is 8.95. The van der Waals surface area contributed by atoms with E-state index in [0.29, 0.717) is 19.0 Å². The Bertz CT molecular complexity index is 380. The molecule has 0 spiro atoms. The van der Waals surface area contributed by atoms with Crippen molar-refractivity contribution in [2.24, 2.45) is 0 Å². The lowest BCUT2D eigenvalue weighted by Gasteiger charge is -2.17. The van der Waals surface area contributed by atoms with E-state index in [1.807, 2.05) is 18.2 Å². The van der Waals surface area contributed by atoms with Gasteiger partial charge in [0.2, 0.25) is 0 Å². The summed E-state index contributed by atoms with van der Waals surface area (Å²) >= 11 is 0. The Hall–Kier alpha value is -0.830. The molecule has 0 aliphatic carbocycles.